The first-order valence-electron chi connectivity index (χ1n) is 8.46. The minimum Gasteiger partial charge on any atom is -0.495 e. The Kier molecular flexibility index (Phi) is 4.93. The number of aromatic nitrogens is 2. The van der Waals surface area contributed by atoms with Crippen molar-refractivity contribution in [3.63, 3.8) is 0 Å². The maximum Gasteiger partial charge on any atom is 0.449 e. The monoisotopic (exact) mass is 392 g/mol. The molecular weight excluding hydrogens is 373 g/mol. The number of carbonyl (C=O) groups excluding carboxylic acids is 1. The van der Waals surface area contributed by atoms with Gasteiger partial charge in [0, 0.05) is 17.3 Å². The van der Waals surface area contributed by atoms with Gasteiger partial charge in [0.25, 0.3) is 5.91 Å². The smallest absolute Gasteiger partial charge is 0.449 e. The van der Waals surface area contributed by atoms with Crippen LogP contribution in [0.4, 0.5) is 24.5 Å². The second-order valence-electron chi connectivity index (χ2n) is 6.51. The number of nitrogens with zero attached hydrogens (tertiary/aromatic N) is 2. The molecular formula is C19H19F3N4O2. The summed E-state index contributed by atoms with van der Waals surface area (Å²) in [6.07, 6.45) is -4.59. The fraction of sp³-hybridized carbons (Fsp3) is 0.263. The van der Waals surface area contributed by atoms with E-state index in [0.29, 0.717) is 22.6 Å². The molecule has 0 aliphatic rings. The van der Waals surface area contributed by atoms with Crippen LogP contribution in [0, 0.1) is 0 Å². The van der Waals surface area contributed by atoms with E-state index in [2.05, 4.69) is 10.3 Å². The number of carbonyl (C=O) groups is 1. The fourth-order valence-electron chi connectivity index (χ4n) is 2.98. The van der Waals surface area contributed by atoms with E-state index in [9.17, 15) is 18.0 Å². The number of nitrogen functional groups attached to an aromatic ring is 1. The molecule has 1 aromatic heterocycles. The number of ether oxygens (including phenoxy) is 1. The fourth-order valence-corrected chi connectivity index (χ4v) is 2.98. The van der Waals surface area contributed by atoms with E-state index in [4.69, 9.17) is 10.5 Å². The molecule has 0 spiro atoms. The summed E-state index contributed by atoms with van der Waals surface area (Å²) in [7, 11) is 1.48. The first-order valence-corrected chi connectivity index (χ1v) is 8.46. The maximum absolute atomic E-state index is 13.3. The SMILES string of the molecule is COc1ccc(NC(=O)c2ccc3c(c2)nc(C(F)(F)F)n3C(C)C)cc1N. The van der Waals surface area contributed by atoms with Crippen LogP contribution in [-0.4, -0.2) is 22.6 Å². The summed E-state index contributed by atoms with van der Waals surface area (Å²) in [5, 5.41) is 2.66. The van der Waals surface area contributed by atoms with Crippen molar-refractivity contribution in [3.05, 3.63) is 47.8 Å². The number of hydrogen-bond acceptors (Lipinski definition) is 4. The third kappa shape index (κ3) is 3.60. The molecule has 0 atom stereocenters. The third-order valence-corrected chi connectivity index (χ3v) is 4.21. The van der Waals surface area contributed by atoms with Crippen LogP contribution in [0.2, 0.25) is 0 Å². The molecule has 148 valence electrons. The van der Waals surface area contributed by atoms with Gasteiger partial charge in [-0.3, -0.25) is 4.79 Å². The zero-order valence-electron chi connectivity index (χ0n) is 15.5. The number of nitrogens with two attached hydrogens (primary N) is 1. The minimum absolute atomic E-state index is 0.0999. The van der Waals surface area contributed by atoms with Crippen molar-refractivity contribution >= 4 is 28.3 Å². The maximum atomic E-state index is 13.3. The van der Waals surface area contributed by atoms with E-state index in [1.54, 1.807) is 26.0 Å². The molecule has 3 N–H and O–H groups in total. The van der Waals surface area contributed by atoms with E-state index in [1.807, 2.05) is 0 Å². The van der Waals surface area contributed by atoms with Gasteiger partial charge in [0.15, 0.2) is 0 Å². The van der Waals surface area contributed by atoms with Crippen molar-refractivity contribution in [3.8, 4) is 5.75 Å². The molecule has 1 heterocycles. The lowest BCUT2D eigenvalue weighted by molar-refractivity contribution is -0.147. The Labute approximate surface area is 159 Å². The zero-order chi connectivity index (χ0) is 20.6. The van der Waals surface area contributed by atoms with Gasteiger partial charge in [0.05, 0.1) is 23.8 Å². The molecule has 0 radical (unpaired) electrons. The van der Waals surface area contributed by atoms with Crippen molar-refractivity contribution in [1.29, 1.82) is 0 Å². The third-order valence-electron chi connectivity index (χ3n) is 4.21. The quantitative estimate of drug-likeness (QED) is 0.642. The molecule has 28 heavy (non-hydrogen) atoms. The van der Waals surface area contributed by atoms with Gasteiger partial charge >= 0.3 is 6.18 Å². The van der Waals surface area contributed by atoms with Gasteiger partial charge in [-0.05, 0) is 50.2 Å². The Morgan fingerprint density at radius 1 is 1.21 bits per heavy atom. The molecule has 9 heteroatoms. The topological polar surface area (TPSA) is 82.2 Å². The normalized spacial score (nSPS) is 11.8. The van der Waals surface area contributed by atoms with Crippen molar-refractivity contribution in [2.24, 2.45) is 0 Å². The standard InChI is InChI=1S/C19H19F3N4O2/c1-10(2)26-15-6-4-11(8-14(15)25-18(26)19(20,21)22)17(27)24-12-5-7-16(28-3)13(23)9-12/h4-10H,23H2,1-3H3,(H,24,27). The van der Waals surface area contributed by atoms with Gasteiger partial charge in [-0.15, -0.1) is 0 Å². The average Bonchev–Trinajstić information content (AvgIpc) is 3.01. The first-order chi connectivity index (χ1) is 13.1. The second kappa shape index (κ2) is 7.06. The number of halogens is 3. The molecule has 0 saturated heterocycles. The van der Waals surface area contributed by atoms with E-state index in [1.165, 1.54) is 31.4 Å². The van der Waals surface area contributed by atoms with Crippen molar-refractivity contribution in [1.82, 2.24) is 9.55 Å². The number of alkyl halides is 3. The summed E-state index contributed by atoms with van der Waals surface area (Å²) in [6.45, 7) is 3.29. The Morgan fingerprint density at radius 2 is 1.93 bits per heavy atom. The molecule has 0 unspecified atom stereocenters. The number of amides is 1. The molecule has 0 saturated carbocycles. The molecule has 6 nitrogen and oxygen atoms in total. The van der Waals surface area contributed by atoms with Crippen LogP contribution < -0.4 is 15.8 Å². The molecule has 2 aromatic carbocycles. The number of imidazole rings is 1. The van der Waals surface area contributed by atoms with E-state index in [-0.39, 0.29) is 11.1 Å². The number of hydrogen-bond donors (Lipinski definition) is 2. The van der Waals surface area contributed by atoms with Gasteiger partial charge in [0.2, 0.25) is 5.82 Å². The van der Waals surface area contributed by atoms with Crippen LogP contribution in [-0.2, 0) is 6.18 Å². The highest BCUT2D eigenvalue weighted by Gasteiger charge is 2.38. The summed E-state index contributed by atoms with van der Waals surface area (Å²) in [5.41, 5.74) is 7.20. The van der Waals surface area contributed by atoms with Gasteiger partial charge < -0.3 is 20.4 Å². The van der Waals surface area contributed by atoms with Crippen LogP contribution in [0.3, 0.4) is 0 Å². The van der Waals surface area contributed by atoms with Gasteiger partial charge in [-0.2, -0.15) is 13.2 Å². The highest BCUT2D eigenvalue weighted by Crippen LogP contribution is 2.34. The molecule has 3 aromatic rings. The van der Waals surface area contributed by atoms with Crippen LogP contribution in [0.15, 0.2) is 36.4 Å². The number of fused-ring (bicyclic) bond motifs is 1. The molecule has 1 amide bonds. The number of anilines is 2. The van der Waals surface area contributed by atoms with Crippen LogP contribution in [0.5, 0.6) is 5.75 Å². The Hall–Kier alpha value is -3.23. The number of rotatable bonds is 4. The number of benzene rings is 2. The summed E-state index contributed by atoms with van der Waals surface area (Å²) < 4.78 is 46.1. The summed E-state index contributed by atoms with van der Waals surface area (Å²) in [5.74, 6) is -1.00. The van der Waals surface area contributed by atoms with Crippen LogP contribution in [0.1, 0.15) is 36.1 Å². The van der Waals surface area contributed by atoms with Gasteiger partial charge in [0.1, 0.15) is 5.75 Å². The highest BCUT2D eigenvalue weighted by molar-refractivity contribution is 6.06. The lowest BCUT2D eigenvalue weighted by Crippen LogP contribution is -2.16. The van der Waals surface area contributed by atoms with Gasteiger partial charge in [-0.1, -0.05) is 0 Å². The highest BCUT2D eigenvalue weighted by atomic mass is 19.4. The number of nitrogens with one attached hydrogen (secondary N) is 1. The second-order valence-corrected chi connectivity index (χ2v) is 6.51. The summed E-state index contributed by atoms with van der Waals surface area (Å²) in [4.78, 5) is 16.2. The van der Waals surface area contributed by atoms with E-state index >= 15 is 0 Å². The van der Waals surface area contributed by atoms with Crippen LogP contribution in [0.25, 0.3) is 11.0 Å². The van der Waals surface area contributed by atoms with Crippen molar-refractivity contribution < 1.29 is 22.7 Å². The van der Waals surface area contributed by atoms with Crippen LogP contribution >= 0.6 is 0 Å². The molecule has 0 fully saturated rings. The summed E-state index contributed by atoms with van der Waals surface area (Å²) >= 11 is 0. The summed E-state index contributed by atoms with van der Waals surface area (Å²) in [6, 6.07) is 8.58. The largest absolute Gasteiger partial charge is 0.495 e. The minimum atomic E-state index is -4.59. The molecule has 0 bridgehead atoms. The lowest BCUT2D eigenvalue weighted by Gasteiger charge is -2.14. The average molecular weight is 392 g/mol. The zero-order valence-corrected chi connectivity index (χ0v) is 15.5. The van der Waals surface area contributed by atoms with E-state index < -0.39 is 23.9 Å². The van der Waals surface area contributed by atoms with Gasteiger partial charge in [-0.25, -0.2) is 4.98 Å². The predicted octanol–water partition coefficient (Wildman–Crippen LogP) is 4.48. The molecule has 0 aliphatic carbocycles. The Balaban J connectivity index is 1.96. The first kappa shape index (κ1) is 19.5. The Bertz CT molecular complexity index is 1040. The molecule has 3 rings (SSSR count). The number of methoxy groups -OCH3 is 1. The van der Waals surface area contributed by atoms with Crippen molar-refractivity contribution in [2.75, 3.05) is 18.2 Å². The molecule has 0 aliphatic heterocycles. The van der Waals surface area contributed by atoms with E-state index in [0.717, 1.165) is 4.57 Å². The lowest BCUT2D eigenvalue weighted by atomic mass is 10.1. The Morgan fingerprint density at radius 3 is 2.50 bits per heavy atom. The predicted molar refractivity (Wildman–Crippen MR) is 100 cm³/mol. The van der Waals surface area contributed by atoms with Crippen molar-refractivity contribution in [2.45, 2.75) is 26.1 Å².